The summed E-state index contributed by atoms with van der Waals surface area (Å²) in [4.78, 5) is 13.7. The number of nitrogens with zero attached hydrogens (tertiary/aromatic N) is 6. The second kappa shape index (κ2) is 8.59. The fourth-order valence-electron chi connectivity index (χ4n) is 4.08. The predicted octanol–water partition coefficient (Wildman–Crippen LogP) is 4.93. The van der Waals surface area contributed by atoms with Gasteiger partial charge in [-0.3, -0.25) is 0 Å². The van der Waals surface area contributed by atoms with E-state index in [-0.39, 0.29) is 5.92 Å². The lowest BCUT2D eigenvalue weighted by Gasteiger charge is -2.22. The van der Waals surface area contributed by atoms with Crippen LogP contribution in [0.4, 0.5) is 0 Å². The molecule has 0 aliphatic carbocycles. The number of halogens is 1. The minimum absolute atomic E-state index is 0.202. The summed E-state index contributed by atoms with van der Waals surface area (Å²) in [6.07, 6.45) is 9.58. The van der Waals surface area contributed by atoms with Gasteiger partial charge in [0, 0.05) is 23.7 Å². The second-order valence-corrected chi connectivity index (χ2v) is 8.26. The lowest BCUT2D eigenvalue weighted by Crippen LogP contribution is -2.17. The largest absolute Gasteiger partial charge is 0.479 e. The van der Waals surface area contributed by atoms with Gasteiger partial charge in [0.05, 0.1) is 24.8 Å². The fraction of sp³-hybridized carbons (Fsp3) is 0.250. The molecule has 0 saturated heterocycles. The van der Waals surface area contributed by atoms with E-state index in [0.717, 1.165) is 47.3 Å². The molecule has 0 amide bonds. The molecule has 162 valence electrons. The molecule has 1 aliphatic heterocycles. The van der Waals surface area contributed by atoms with Crippen molar-refractivity contribution in [1.82, 2.24) is 29.3 Å². The monoisotopic (exact) mass is 446 g/mol. The third-order valence-electron chi connectivity index (χ3n) is 5.59. The van der Waals surface area contributed by atoms with Gasteiger partial charge in [0.25, 0.3) is 0 Å². The Morgan fingerprint density at radius 1 is 1.16 bits per heavy atom. The summed E-state index contributed by atoms with van der Waals surface area (Å²) >= 11 is 6.21. The Morgan fingerprint density at radius 2 is 2.06 bits per heavy atom. The van der Waals surface area contributed by atoms with Crippen molar-refractivity contribution < 1.29 is 4.74 Å². The Balaban J connectivity index is 1.41. The highest BCUT2D eigenvalue weighted by molar-refractivity contribution is 6.30. The van der Waals surface area contributed by atoms with E-state index < -0.39 is 0 Å². The molecule has 1 atom stereocenters. The summed E-state index contributed by atoms with van der Waals surface area (Å²) in [5.74, 6) is 2.38. The number of fused-ring (bicyclic) bond motifs is 1. The van der Waals surface area contributed by atoms with Crippen LogP contribution in [0.15, 0.2) is 48.9 Å². The van der Waals surface area contributed by atoms with Crippen LogP contribution in [0, 0.1) is 6.92 Å². The van der Waals surface area contributed by atoms with Crippen molar-refractivity contribution in [2.45, 2.75) is 32.2 Å². The van der Waals surface area contributed by atoms with Gasteiger partial charge in [0.1, 0.15) is 11.5 Å². The summed E-state index contributed by atoms with van der Waals surface area (Å²) in [7, 11) is 1.62. The van der Waals surface area contributed by atoms with Crippen LogP contribution in [0.1, 0.15) is 47.4 Å². The van der Waals surface area contributed by atoms with Crippen LogP contribution >= 0.6 is 11.6 Å². The zero-order valence-electron chi connectivity index (χ0n) is 17.9. The molecule has 4 aromatic rings. The average molecular weight is 447 g/mol. The van der Waals surface area contributed by atoms with Crippen molar-refractivity contribution >= 4 is 23.8 Å². The van der Waals surface area contributed by atoms with E-state index in [1.165, 1.54) is 5.56 Å². The number of methoxy groups -OCH3 is 1. The second-order valence-electron chi connectivity index (χ2n) is 7.82. The number of aryl methyl sites for hydroxylation is 2. The highest BCUT2D eigenvalue weighted by Crippen LogP contribution is 2.33. The molecule has 0 N–H and O–H groups in total. The van der Waals surface area contributed by atoms with Crippen LogP contribution in [0.25, 0.3) is 17.8 Å². The zero-order valence-corrected chi connectivity index (χ0v) is 18.7. The first-order valence-corrected chi connectivity index (χ1v) is 10.9. The van der Waals surface area contributed by atoms with Crippen molar-refractivity contribution in [2.24, 2.45) is 0 Å². The molecular formula is C24H23ClN6O. The van der Waals surface area contributed by atoms with Crippen molar-refractivity contribution in [3.8, 4) is 11.6 Å². The highest BCUT2D eigenvalue weighted by atomic mass is 35.5. The average Bonchev–Trinajstić information content (AvgIpc) is 3.43. The Hall–Kier alpha value is -3.45. The first-order valence-electron chi connectivity index (χ1n) is 10.5. The molecule has 1 aromatic carbocycles. The Kier molecular flexibility index (Phi) is 5.49. The van der Waals surface area contributed by atoms with Gasteiger partial charge in [-0.25, -0.2) is 19.6 Å². The third kappa shape index (κ3) is 4.03. The van der Waals surface area contributed by atoms with Gasteiger partial charge in [-0.1, -0.05) is 23.7 Å². The summed E-state index contributed by atoms with van der Waals surface area (Å²) in [5, 5.41) is 5.43. The van der Waals surface area contributed by atoms with Crippen LogP contribution in [-0.2, 0) is 6.54 Å². The molecule has 0 radical (unpaired) electrons. The van der Waals surface area contributed by atoms with Crippen molar-refractivity contribution in [3.63, 3.8) is 0 Å². The third-order valence-corrected chi connectivity index (χ3v) is 5.83. The SMILES string of the molecule is COc1nc(/C=C/c2nc3n(n2)CCCC3c2cccc(Cl)c2)ccc1-n1cnc(C)c1. The van der Waals surface area contributed by atoms with Crippen LogP contribution in [-0.4, -0.2) is 36.4 Å². The standard InChI is InChI=1S/C24H23ClN6O/c1-16-14-30(15-26-16)21-10-8-19(27-24(21)32-2)9-11-22-28-23-20(7-4-12-31(23)29-22)17-5-3-6-18(25)13-17/h3,5-6,8-11,13-15,20H,4,7,12H2,1-2H3/b11-9+. The van der Waals surface area contributed by atoms with Crippen LogP contribution < -0.4 is 4.74 Å². The minimum Gasteiger partial charge on any atom is -0.479 e. The Bertz CT molecular complexity index is 1290. The van der Waals surface area contributed by atoms with E-state index >= 15 is 0 Å². The summed E-state index contributed by atoms with van der Waals surface area (Å²) < 4.78 is 9.41. The van der Waals surface area contributed by atoms with E-state index in [1.54, 1.807) is 13.4 Å². The van der Waals surface area contributed by atoms with Gasteiger partial charge in [0.15, 0.2) is 5.82 Å². The van der Waals surface area contributed by atoms with E-state index in [1.807, 2.05) is 64.9 Å². The topological polar surface area (TPSA) is 70.7 Å². The molecule has 5 rings (SSSR count). The molecule has 4 heterocycles. The van der Waals surface area contributed by atoms with Crippen LogP contribution in [0.2, 0.25) is 5.02 Å². The minimum atomic E-state index is 0.202. The summed E-state index contributed by atoms with van der Waals surface area (Å²) in [6, 6.07) is 11.9. The maximum absolute atomic E-state index is 6.21. The number of hydrogen-bond donors (Lipinski definition) is 0. The van der Waals surface area contributed by atoms with E-state index in [2.05, 4.69) is 21.1 Å². The first-order chi connectivity index (χ1) is 15.6. The predicted molar refractivity (Wildman–Crippen MR) is 124 cm³/mol. The molecule has 3 aromatic heterocycles. The van der Waals surface area contributed by atoms with Gasteiger partial charge >= 0.3 is 0 Å². The van der Waals surface area contributed by atoms with Gasteiger partial charge in [-0.2, -0.15) is 5.10 Å². The Morgan fingerprint density at radius 3 is 2.84 bits per heavy atom. The molecule has 0 saturated carbocycles. The Labute approximate surface area is 191 Å². The van der Waals surface area contributed by atoms with Gasteiger partial charge in [-0.05, 0) is 61.7 Å². The maximum Gasteiger partial charge on any atom is 0.238 e. The highest BCUT2D eigenvalue weighted by Gasteiger charge is 2.25. The maximum atomic E-state index is 6.21. The number of ether oxygens (including phenoxy) is 1. The van der Waals surface area contributed by atoms with Gasteiger partial charge in [-0.15, -0.1) is 0 Å². The molecule has 1 unspecified atom stereocenters. The summed E-state index contributed by atoms with van der Waals surface area (Å²) in [5.41, 5.74) is 3.71. The fourth-order valence-corrected chi connectivity index (χ4v) is 4.28. The van der Waals surface area contributed by atoms with Crippen molar-refractivity contribution in [2.75, 3.05) is 7.11 Å². The first kappa shape index (κ1) is 20.5. The zero-order chi connectivity index (χ0) is 22.1. The molecule has 7 nitrogen and oxygen atoms in total. The lowest BCUT2D eigenvalue weighted by atomic mass is 9.91. The molecule has 1 aliphatic rings. The lowest BCUT2D eigenvalue weighted by molar-refractivity contribution is 0.395. The van der Waals surface area contributed by atoms with Crippen LogP contribution in [0.5, 0.6) is 5.88 Å². The summed E-state index contributed by atoms with van der Waals surface area (Å²) in [6.45, 7) is 2.82. The molecule has 8 heteroatoms. The smallest absolute Gasteiger partial charge is 0.238 e. The number of hydrogen-bond acceptors (Lipinski definition) is 5. The normalized spacial score (nSPS) is 15.8. The number of imidazole rings is 1. The van der Waals surface area contributed by atoms with E-state index in [4.69, 9.17) is 21.3 Å². The number of pyridine rings is 1. The molecule has 0 fully saturated rings. The van der Waals surface area contributed by atoms with E-state index in [0.29, 0.717) is 11.7 Å². The quantitative estimate of drug-likeness (QED) is 0.435. The van der Waals surface area contributed by atoms with Crippen LogP contribution in [0.3, 0.4) is 0 Å². The molecule has 0 bridgehead atoms. The molecule has 32 heavy (non-hydrogen) atoms. The van der Waals surface area contributed by atoms with Crippen molar-refractivity contribution in [1.29, 1.82) is 0 Å². The van der Waals surface area contributed by atoms with Gasteiger partial charge < -0.3 is 9.30 Å². The van der Waals surface area contributed by atoms with E-state index in [9.17, 15) is 0 Å². The molecular weight excluding hydrogens is 424 g/mol. The number of rotatable bonds is 5. The van der Waals surface area contributed by atoms with Gasteiger partial charge in [0.2, 0.25) is 5.88 Å². The number of aromatic nitrogens is 6. The molecule has 0 spiro atoms. The van der Waals surface area contributed by atoms with Crippen molar-refractivity contribution in [3.05, 3.63) is 82.5 Å². The number of benzene rings is 1.